The number of rotatable bonds is 5. The van der Waals surface area contributed by atoms with Crippen molar-refractivity contribution in [2.75, 3.05) is 11.9 Å². The molecule has 15 heavy (non-hydrogen) atoms. The molecule has 0 radical (unpaired) electrons. The number of nitrogens with zero attached hydrogens (tertiary/aromatic N) is 2. The van der Waals surface area contributed by atoms with Crippen molar-refractivity contribution < 1.29 is 9.59 Å². The van der Waals surface area contributed by atoms with Gasteiger partial charge in [0, 0.05) is 19.7 Å². The van der Waals surface area contributed by atoms with Gasteiger partial charge in [0.05, 0.1) is 0 Å². The molecule has 0 fully saturated rings. The van der Waals surface area contributed by atoms with E-state index in [1.165, 1.54) is 0 Å². The average Bonchev–Trinajstić information content (AvgIpc) is 2.55. The minimum atomic E-state index is -0.143. The Morgan fingerprint density at radius 2 is 2.47 bits per heavy atom. The van der Waals surface area contributed by atoms with Crippen molar-refractivity contribution in [2.24, 2.45) is 12.8 Å². The molecule has 0 unspecified atom stereocenters. The van der Waals surface area contributed by atoms with Crippen LogP contribution >= 0.6 is 0 Å². The maximum atomic E-state index is 11.3. The zero-order valence-electron chi connectivity index (χ0n) is 8.56. The third-order valence-corrected chi connectivity index (χ3v) is 1.89. The number of aromatic nitrogens is 2. The monoisotopic (exact) mass is 210 g/mol. The smallest absolute Gasteiger partial charge is 0.225 e. The SMILES string of the molecule is Cn1cc(NC(=O)CCCN)nc1C=O. The van der Waals surface area contributed by atoms with Gasteiger partial charge in [-0.15, -0.1) is 0 Å². The Bertz CT molecular complexity index is 359. The molecule has 82 valence electrons. The van der Waals surface area contributed by atoms with E-state index >= 15 is 0 Å². The number of aldehydes is 1. The lowest BCUT2D eigenvalue weighted by Crippen LogP contribution is -2.13. The van der Waals surface area contributed by atoms with Gasteiger partial charge in [-0.1, -0.05) is 0 Å². The summed E-state index contributed by atoms with van der Waals surface area (Å²) in [7, 11) is 1.69. The second kappa shape index (κ2) is 5.26. The molecule has 3 N–H and O–H groups in total. The second-order valence-electron chi connectivity index (χ2n) is 3.15. The number of amides is 1. The quantitative estimate of drug-likeness (QED) is 0.664. The number of nitrogens with one attached hydrogen (secondary N) is 1. The highest BCUT2D eigenvalue weighted by Gasteiger charge is 2.07. The molecule has 6 nitrogen and oxygen atoms in total. The Labute approximate surface area is 87.5 Å². The van der Waals surface area contributed by atoms with Gasteiger partial charge in [0.25, 0.3) is 0 Å². The van der Waals surface area contributed by atoms with Gasteiger partial charge in [0.1, 0.15) is 0 Å². The highest BCUT2D eigenvalue weighted by Crippen LogP contribution is 2.05. The predicted molar refractivity (Wildman–Crippen MR) is 55.5 cm³/mol. The van der Waals surface area contributed by atoms with Crippen LogP contribution in [0.3, 0.4) is 0 Å². The van der Waals surface area contributed by atoms with Gasteiger partial charge in [0.15, 0.2) is 17.9 Å². The molecular formula is C9H14N4O2. The summed E-state index contributed by atoms with van der Waals surface area (Å²) in [5.41, 5.74) is 5.27. The Hall–Kier alpha value is -1.69. The summed E-state index contributed by atoms with van der Waals surface area (Å²) in [6, 6.07) is 0. The molecule has 1 rings (SSSR count). The van der Waals surface area contributed by atoms with Crippen molar-refractivity contribution >= 4 is 18.0 Å². The molecule has 0 saturated heterocycles. The number of hydrogen-bond donors (Lipinski definition) is 2. The van der Waals surface area contributed by atoms with E-state index in [2.05, 4.69) is 10.3 Å². The van der Waals surface area contributed by atoms with Gasteiger partial charge in [-0.05, 0) is 13.0 Å². The molecule has 0 aliphatic rings. The minimum absolute atomic E-state index is 0.143. The van der Waals surface area contributed by atoms with Crippen LogP contribution in [-0.4, -0.2) is 28.3 Å². The van der Waals surface area contributed by atoms with E-state index in [1.54, 1.807) is 17.8 Å². The summed E-state index contributed by atoms with van der Waals surface area (Å²) in [4.78, 5) is 25.7. The summed E-state index contributed by atoms with van der Waals surface area (Å²) >= 11 is 0. The first-order valence-electron chi connectivity index (χ1n) is 4.66. The molecule has 1 aromatic heterocycles. The lowest BCUT2D eigenvalue weighted by molar-refractivity contribution is -0.116. The zero-order valence-corrected chi connectivity index (χ0v) is 8.56. The Morgan fingerprint density at radius 1 is 1.73 bits per heavy atom. The van der Waals surface area contributed by atoms with Gasteiger partial charge < -0.3 is 15.6 Å². The van der Waals surface area contributed by atoms with E-state index in [0.717, 1.165) is 0 Å². The number of carbonyl (C=O) groups excluding carboxylic acids is 2. The minimum Gasteiger partial charge on any atom is -0.330 e. The average molecular weight is 210 g/mol. The number of nitrogens with two attached hydrogens (primary N) is 1. The third-order valence-electron chi connectivity index (χ3n) is 1.89. The van der Waals surface area contributed by atoms with Crippen LogP contribution in [0.4, 0.5) is 5.82 Å². The van der Waals surface area contributed by atoms with Crippen LogP contribution in [0, 0.1) is 0 Å². The normalized spacial score (nSPS) is 10.0. The van der Waals surface area contributed by atoms with Gasteiger partial charge in [-0.2, -0.15) is 0 Å². The lowest BCUT2D eigenvalue weighted by atomic mass is 10.3. The molecule has 1 amide bonds. The Kier molecular flexibility index (Phi) is 3.99. The fourth-order valence-electron chi connectivity index (χ4n) is 1.12. The standard InChI is InChI=1S/C9H14N4O2/c1-13-5-7(11-8(13)6-14)12-9(15)3-2-4-10/h5-6H,2-4,10H2,1H3,(H,12,15). The number of imidazole rings is 1. The van der Waals surface area contributed by atoms with Gasteiger partial charge in [-0.25, -0.2) is 4.98 Å². The molecule has 0 aliphatic heterocycles. The van der Waals surface area contributed by atoms with Gasteiger partial charge in [0.2, 0.25) is 5.91 Å². The largest absolute Gasteiger partial charge is 0.330 e. The van der Waals surface area contributed by atoms with E-state index < -0.39 is 0 Å². The van der Waals surface area contributed by atoms with Gasteiger partial charge in [-0.3, -0.25) is 9.59 Å². The predicted octanol–water partition coefficient (Wildman–Crippen LogP) is -0.0900. The van der Waals surface area contributed by atoms with E-state index in [-0.39, 0.29) is 11.7 Å². The first kappa shape index (κ1) is 11.4. The molecular weight excluding hydrogens is 196 g/mol. The molecule has 0 bridgehead atoms. The summed E-state index contributed by atoms with van der Waals surface area (Å²) in [5.74, 6) is 0.529. The van der Waals surface area contributed by atoms with Crippen molar-refractivity contribution in [1.29, 1.82) is 0 Å². The molecule has 1 aromatic rings. The second-order valence-corrected chi connectivity index (χ2v) is 3.15. The van der Waals surface area contributed by atoms with Crippen LogP contribution < -0.4 is 11.1 Å². The fraction of sp³-hybridized carbons (Fsp3) is 0.444. The van der Waals surface area contributed by atoms with Gasteiger partial charge >= 0.3 is 0 Å². The summed E-state index contributed by atoms with van der Waals surface area (Å²) in [6.07, 6.45) is 3.22. The Balaban J connectivity index is 2.56. The van der Waals surface area contributed by atoms with E-state index in [1.807, 2.05) is 0 Å². The molecule has 0 saturated carbocycles. The molecule has 0 aliphatic carbocycles. The van der Waals surface area contributed by atoms with Crippen molar-refractivity contribution in [1.82, 2.24) is 9.55 Å². The maximum Gasteiger partial charge on any atom is 0.225 e. The summed E-state index contributed by atoms with van der Waals surface area (Å²) < 4.78 is 1.55. The van der Waals surface area contributed by atoms with Crippen LogP contribution in [0.1, 0.15) is 23.5 Å². The van der Waals surface area contributed by atoms with Crippen LogP contribution in [0.5, 0.6) is 0 Å². The zero-order chi connectivity index (χ0) is 11.3. The first-order valence-corrected chi connectivity index (χ1v) is 4.66. The number of hydrogen-bond acceptors (Lipinski definition) is 4. The molecule has 0 atom stereocenters. The topological polar surface area (TPSA) is 90.0 Å². The van der Waals surface area contributed by atoms with Crippen molar-refractivity contribution in [2.45, 2.75) is 12.8 Å². The lowest BCUT2D eigenvalue weighted by Gasteiger charge is -1.99. The Morgan fingerprint density at radius 3 is 3.00 bits per heavy atom. The number of anilines is 1. The van der Waals surface area contributed by atoms with Crippen molar-refractivity contribution in [3.05, 3.63) is 12.0 Å². The van der Waals surface area contributed by atoms with Crippen LogP contribution in [0.2, 0.25) is 0 Å². The van der Waals surface area contributed by atoms with Crippen LogP contribution in [0.15, 0.2) is 6.20 Å². The van der Waals surface area contributed by atoms with Crippen molar-refractivity contribution in [3.63, 3.8) is 0 Å². The van der Waals surface area contributed by atoms with Crippen LogP contribution in [-0.2, 0) is 11.8 Å². The number of carbonyl (C=O) groups is 2. The highest BCUT2D eigenvalue weighted by molar-refractivity contribution is 5.90. The van der Waals surface area contributed by atoms with E-state index in [4.69, 9.17) is 5.73 Å². The molecule has 0 spiro atoms. The van der Waals surface area contributed by atoms with Crippen molar-refractivity contribution in [3.8, 4) is 0 Å². The summed E-state index contributed by atoms with van der Waals surface area (Å²) in [6.45, 7) is 0.481. The molecule has 1 heterocycles. The van der Waals surface area contributed by atoms with Crippen LogP contribution in [0.25, 0.3) is 0 Å². The van der Waals surface area contributed by atoms with E-state index in [9.17, 15) is 9.59 Å². The summed E-state index contributed by atoms with van der Waals surface area (Å²) in [5, 5.41) is 2.59. The third kappa shape index (κ3) is 3.17. The first-order chi connectivity index (χ1) is 7.17. The number of aryl methyl sites for hydroxylation is 1. The molecule has 6 heteroatoms. The highest BCUT2D eigenvalue weighted by atomic mass is 16.1. The van der Waals surface area contributed by atoms with E-state index in [0.29, 0.717) is 31.5 Å². The maximum absolute atomic E-state index is 11.3. The fourth-order valence-corrected chi connectivity index (χ4v) is 1.12. The molecule has 0 aromatic carbocycles.